The average Bonchev–Trinajstić information content (AvgIpc) is 2.21. The summed E-state index contributed by atoms with van der Waals surface area (Å²) >= 11 is 2.31. The van der Waals surface area contributed by atoms with E-state index >= 15 is 0 Å². The van der Waals surface area contributed by atoms with Crippen LogP contribution in [0.3, 0.4) is 0 Å². The molecule has 0 rings (SSSR count). The summed E-state index contributed by atoms with van der Waals surface area (Å²) in [5.41, 5.74) is 0. The minimum absolute atomic E-state index is 0. The van der Waals surface area contributed by atoms with E-state index in [2.05, 4.69) is 31.6 Å². The third kappa shape index (κ3) is 37.2. The molecule has 4 nitrogen and oxygen atoms in total. The van der Waals surface area contributed by atoms with E-state index in [-0.39, 0.29) is 103 Å². The van der Waals surface area contributed by atoms with Crippen molar-refractivity contribution < 1.29 is 123 Å². The maximum atomic E-state index is 9.28. The van der Waals surface area contributed by atoms with Crippen LogP contribution in [0.2, 0.25) is 4.59 Å². The Balaban J connectivity index is -0.000000126. The molecule has 0 aromatic heterocycles. The topological polar surface area (TPSA) is 80.3 Å². The quantitative estimate of drug-likeness (QED) is 0.240. The van der Waals surface area contributed by atoms with E-state index in [4.69, 9.17) is 0 Å². The molecule has 0 heterocycles. The fraction of sp³-hybridized carbons (Fsp3) is 0.846. The molecule has 0 spiro atoms. The molecule has 1 unspecified atom stereocenters. The number of hydrogen-bond acceptors (Lipinski definition) is 4. The Bertz CT molecular complexity index is 214. The second kappa shape index (κ2) is 24.1. The van der Waals surface area contributed by atoms with Crippen molar-refractivity contribution in [3.63, 3.8) is 0 Å². The van der Waals surface area contributed by atoms with Crippen molar-refractivity contribution in [1.29, 1.82) is 0 Å². The zero-order chi connectivity index (χ0) is 14.4. The number of hydrogen-bond donors (Lipinski definition) is 0. The molecule has 0 aliphatic carbocycles. The van der Waals surface area contributed by atoms with Gasteiger partial charge < -0.3 is 19.8 Å². The second-order valence-corrected chi connectivity index (χ2v) is 4.87. The van der Waals surface area contributed by atoms with Crippen molar-refractivity contribution in [1.82, 2.24) is 0 Å². The Labute approximate surface area is 217 Å². The van der Waals surface area contributed by atoms with Gasteiger partial charge >= 0.3 is 184 Å². The third-order valence-corrected chi connectivity index (χ3v) is 2.42. The van der Waals surface area contributed by atoms with Gasteiger partial charge in [0.1, 0.15) is 0 Å². The molecule has 0 fully saturated rings. The minimum atomic E-state index is -1.63. The Morgan fingerprint density at radius 1 is 0.950 bits per heavy atom. The van der Waals surface area contributed by atoms with E-state index in [1.165, 1.54) is 44.9 Å². The number of carbonyl (C=O) groups is 2. The van der Waals surface area contributed by atoms with Crippen LogP contribution in [-0.4, -0.2) is 29.7 Å². The summed E-state index contributed by atoms with van der Waals surface area (Å²) in [6, 6.07) is 0. The van der Waals surface area contributed by atoms with E-state index in [0.29, 0.717) is 0 Å². The van der Waals surface area contributed by atoms with Gasteiger partial charge in [0.25, 0.3) is 0 Å². The van der Waals surface area contributed by atoms with Crippen LogP contribution in [0.1, 0.15) is 65.2 Å². The average molecular weight is 328 g/mol. The fourth-order valence-corrected chi connectivity index (χ4v) is 1.45. The Morgan fingerprint density at radius 2 is 1.35 bits per heavy atom. The summed E-state index contributed by atoms with van der Waals surface area (Å²) in [6.45, 7) is 4.58. The first kappa shape index (κ1) is 30.7. The molecule has 0 aromatic rings. The zero-order valence-electron chi connectivity index (χ0n) is 13.9. The van der Waals surface area contributed by atoms with Crippen LogP contribution >= 0.6 is 0 Å². The summed E-state index contributed by atoms with van der Waals surface area (Å²) in [5, 5.41) is 18.6. The van der Waals surface area contributed by atoms with Crippen LogP contribution in [0.5, 0.6) is 0 Å². The van der Waals surface area contributed by atoms with E-state index < -0.39 is 18.4 Å². The van der Waals surface area contributed by atoms with Crippen LogP contribution in [0.15, 0.2) is 0 Å². The van der Waals surface area contributed by atoms with Gasteiger partial charge in [-0.25, -0.2) is 0 Å². The van der Waals surface area contributed by atoms with Crippen LogP contribution in [0, 0.1) is 0 Å². The number of carboxylic acid groups (broad SMARTS) is 2. The molecule has 0 aromatic carbocycles. The molecule has 0 saturated carbocycles. The number of rotatable bonds is 9. The number of aliphatic carboxylic acids is 2. The third-order valence-electron chi connectivity index (χ3n) is 2.42. The van der Waals surface area contributed by atoms with E-state index in [1.54, 1.807) is 0 Å². The maximum absolute atomic E-state index is 9.28. The van der Waals surface area contributed by atoms with Crippen molar-refractivity contribution in [3.8, 4) is 0 Å². The normalized spacial score (nSPS) is 10.2. The first-order chi connectivity index (χ1) is 8.40. The Kier molecular flexibility index (Phi) is 36.9. The fourth-order valence-electron chi connectivity index (χ4n) is 1.45. The predicted octanol–water partition coefficient (Wildman–Crippen LogP) is -5.40. The first-order valence-electron chi connectivity index (χ1n) is 6.79. The van der Waals surface area contributed by atoms with Gasteiger partial charge in [-0.3, -0.25) is 0 Å². The predicted molar refractivity (Wildman–Crippen MR) is 67.8 cm³/mol. The van der Waals surface area contributed by atoms with Crippen LogP contribution in [-0.2, 0) is 9.59 Å². The molecule has 0 aliphatic heterocycles. The van der Waals surface area contributed by atoms with Gasteiger partial charge in [0.2, 0.25) is 0 Å². The van der Waals surface area contributed by atoms with Gasteiger partial charge in [-0.15, -0.1) is 0 Å². The molecule has 102 valence electrons. The van der Waals surface area contributed by atoms with Crippen molar-refractivity contribution in [3.05, 3.63) is 0 Å². The number of carboxylic acids is 2. The van der Waals surface area contributed by atoms with Gasteiger partial charge in [-0.2, -0.15) is 0 Å². The summed E-state index contributed by atoms with van der Waals surface area (Å²) in [6.07, 6.45) is 9.01. The van der Waals surface area contributed by atoms with E-state index in [9.17, 15) is 19.8 Å². The molecule has 0 saturated heterocycles. The summed E-state index contributed by atoms with van der Waals surface area (Å²) < 4.78 is 0.904. The SMILES string of the molecule is O=C([O-])CC(=O)[O-].[K+].[K+].[Li][CH](C)CCCCCCCC. The first-order valence-corrected chi connectivity index (χ1v) is 6.79. The standard InChI is InChI=1S/C10H21.C3H4O4.2K.Li/c1-3-5-7-9-10-8-6-4-2;4-2(5)1-3(6)7;;;/h3H,4-10H2,1-2H3;1H2,(H,4,5)(H,6,7);;;/q;;2*+1;/p-2. The molecule has 7 heteroatoms. The Hall–Kier alpha value is 2.81. The van der Waals surface area contributed by atoms with Crippen LogP contribution < -0.4 is 113 Å². The monoisotopic (exact) mass is 328 g/mol. The summed E-state index contributed by atoms with van der Waals surface area (Å²) in [5.74, 6) is -3.25. The molecule has 0 amide bonds. The molecular weight excluding hydrogens is 305 g/mol. The second-order valence-electron chi connectivity index (χ2n) is 4.87. The van der Waals surface area contributed by atoms with E-state index in [1.807, 2.05) is 0 Å². The van der Waals surface area contributed by atoms with Gasteiger partial charge in [-0.05, 0) is 0 Å². The van der Waals surface area contributed by atoms with Crippen molar-refractivity contribution in [2.75, 3.05) is 0 Å². The van der Waals surface area contributed by atoms with Crippen molar-refractivity contribution in [2.24, 2.45) is 0 Å². The van der Waals surface area contributed by atoms with Gasteiger partial charge in [-0.1, -0.05) is 0 Å². The van der Waals surface area contributed by atoms with Gasteiger partial charge in [0.05, 0.1) is 0 Å². The summed E-state index contributed by atoms with van der Waals surface area (Å²) in [7, 11) is 0. The molecular formula is C13H23K2LiO4. The zero-order valence-corrected chi connectivity index (χ0v) is 20.1. The van der Waals surface area contributed by atoms with Gasteiger partial charge in [0.15, 0.2) is 0 Å². The van der Waals surface area contributed by atoms with Crippen molar-refractivity contribution >= 4 is 29.7 Å². The van der Waals surface area contributed by atoms with Gasteiger partial charge in [0, 0.05) is 18.4 Å². The van der Waals surface area contributed by atoms with Crippen LogP contribution in [0.25, 0.3) is 0 Å². The number of carbonyl (C=O) groups excluding carboxylic acids is 2. The molecule has 0 bridgehead atoms. The van der Waals surface area contributed by atoms with Crippen LogP contribution in [0.4, 0.5) is 0 Å². The molecule has 1 atom stereocenters. The summed E-state index contributed by atoms with van der Waals surface area (Å²) in [4.78, 5) is 18.6. The Morgan fingerprint density at radius 3 is 1.65 bits per heavy atom. The molecule has 20 heavy (non-hydrogen) atoms. The molecule has 0 radical (unpaired) electrons. The molecule has 0 aliphatic rings. The number of unbranched alkanes of at least 4 members (excludes halogenated alkanes) is 5. The van der Waals surface area contributed by atoms with Crippen molar-refractivity contribution in [2.45, 2.75) is 69.8 Å². The van der Waals surface area contributed by atoms with E-state index in [0.717, 1.165) is 4.59 Å². The molecule has 0 N–H and O–H groups in total.